The number of ether oxygens (including phenoxy) is 2. The van der Waals surface area contributed by atoms with E-state index in [-0.39, 0.29) is 17.2 Å². The first-order valence-electron chi connectivity index (χ1n) is 10.7. The van der Waals surface area contributed by atoms with E-state index < -0.39 is 0 Å². The molecule has 0 spiro atoms. The van der Waals surface area contributed by atoms with E-state index >= 15 is 0 Å². The number of carbonyl (C=O) groups is 2. The number of benzene rings is 3. The summed E-state index contributed by atoms with van der Waals surface area (Å²) in [5, 5.41) is 2.85. The van der Waals surface area contributed by atoms with E-state index in [4.69, 9.17) is 9.47 Å². The van der Waals surface area contributed by atoms with Crippen LogP contribution in [0.1, 0.15) is 26.9 Å². The number of nitrogens with zero attached hydrogens (tertiary/aromatic N) is 1. The van der Waals surface area contributed by atoms with Crippen LogP contribution in [-0.4, -0.2) is 43.2 Å². The van der Waals surface area contributed by atoms with Gasteiger partial charge < -0.3 is 19.7 Å². The second-order valence-corrected chi connectivity index (χ2v) is 8.70. The average Bonchev–Trinajstić information content (AvgIpc) is 3.23. The topological polar surface area (TPSA) is 67.9 Å². The predicted octanol–water partition coefficient (Wildman–Crippen LogP) is 4.77. The highest BCUT2D eigenvalue weighted by molar-refractivity contribution is 8.00. The summed E-state index contributed by atoms with van der Waals surface area (Å²) in [6.07, 6.45) is 0.815. The van der Waals surface area contributed by atoms with E-state index in [1.165, 1.54) is 5.56 Å². The molecule has 7 heteroatoms. The van der Waals surface area contributed by atoms with Gasteiger partial charge in [0.1, 0.15) is 5.37 Å². The number of amides is 2. The van der Waals surface area contributed by atoms with E-state index in [2.05, 4.69) is 17.4 Å². The molecule has 1 N–H and O–H groups in total. The Labute approximate surface area is 197 Å². The number of hydrogen-bond acceptors (Lipinski definition) is 5. The second kappa shape index (κ2) is 10.4. The van der Waals surface area contributed by atoms with Crippen LogP contribution in [-0.2, 0) is 11.2 Å². The number of methoxy groups -OCH3 is 2. The summed E-state index contributed by atoms with van der Waals surface area (Å²) < 4.78 is 10.5. The SMILES string of the molecule is COc1ccc(NC(=O)c2ccc([C@H]3SCC(=O)N3CCc3ccccc3)cc2)cc1OC. The molecule has 0 saturated carbocycles. The number of thioether (sulfide) groups is 1. The van der Waals surface area contributed by atoms with E-state index in [0.29, 0.717) is 35.0 Å². The highest BCUT2D eigenvalue weighted by Gasteiger charge is 2.32. The molecule has 1 saturated heterocycles. The number of carbonyl (C=O) groups excluding carboxylic acids is 2. The van der Waals surface area contributed by atoms with Crippen molar-refractivity contribution in [3.05, 3.63) is 89.5 Å². The highest BCUT2D eigenvalue weighted by atomic mass is 32.2. The van der Waals surface area contributed by atoms with Crippen molar-refractivity contribution >= 4 is 29.3 Å². The van der Waals surface area contributed by atoms with Crippen LogP contribution in [0.15, 0.2) is 72.8 Å². The third-order valence-corrected chi connectivity index (χ3v) is 6.81. The molecule has 0 bridgehead atoms. The molecule has 1 aliphatic rings. The summed E-state index contributed by atoms with van der Waals surface area (Å²) in [4.78, 5) is 27.1. The Morgan fingerprint density at radius 2 is 1.73 bits per heavy atom. The van der Waals surface area contributed by atoms with E-state index in [1.54, 1.807) is 56.3 Å². The summed E-state index contributed by atoms with van der Waals surface area (Å²) in [5.74, 6) is 1.55. The minimum atomic E-state index is -0.218. The van der Waals surface area contributed by atoms with Gasteiger partial charge in [-0.1, -0.05) is 42.5 Å². The summed E-state index contributed by atoms with van der Waals surface area (Å²) >= 11 is 1.62. The fraction of sp³-hybridized carbons (Fsp3) is 0.231. The summed E-state index contributed by atoms with van der Waals surface area (Å²) in [5.41, 5.74) is 3.38. The van der Waals surface area contributed by atoms with Crippen molar-refractivity contribution in [2.45, 2.75) is 11.8 Å². The van der Waals surface area contributed by atoms with Crippen molar-refractivity contribution < 1.29 is 19.1 Å². The van der Waals surface area contributed by atoms with Gasteiger partial charge in [-0.2, -0.15) is 0 Å². The monoisotopic (exact) mass is 462 g/mol. The molecule has 0 aromatic heterocycles. The Balaban J connectivity index is 1.42. The fourth-order valence-electron chi connectivity index (χ4n) is 3.78. The zero-order valence-electron chi connectivity index (χ0n) is 18.6. The van der Waals surface area contributed by atoms with Gasteiger partial charge in [-0.05, 0) is 41.8 Å². The third kappa shape index (κ3) is 5.31. The molecule has 4 rings (SSSR count). The molecule has 0 aliphatic carbocycles. The van der Waals surface area contributed by atoms with Gasteiger partial charge in [0, 0.05) is 23.9 Å². The van der Waals surface area contributed by atoms with Gasteiger partial charge in [0.2, 0.25) is 5.91 Å². The summed E-state index contributed by atoms with van der Waals surface area (Å²) in [7, 11) is 3.12. The van der Waals surface area contributed by atoms with Crippen LogP contribution in [0.4, 0.5) is 5.69 Å². The van der Waals surface area contributed by atoms with Crippen molar-refractivity contribution in [1.29, 1.82) is 0 Å². The number of rotatable bonds is 8. The minimum Gasteiger partial charge on any atom is -0.493 e. The Morgan fingerprint density at radius 1 is 1.00 bits per heavy atom. The lowest BCUT2D eigenvalue weighted by molar-refractivity contribution is -0.128. The Kier molecular flexibility index (Phi) is 7.19. The van der Waals surface area contributed by atoms with Gasteiger partial charge >= 0.3 is 0 Å². The number of nitrogens with one attached hydrogen (secondary N) is 1. The first kappa shape index (κ1) is 22.7. The van der Waals surface area contributed by atoms with Gasteiger partial charge in [-0.3, -0.25) is 9.59 Å². The van der Waals surface area contributed by atoms with E-state index in [1.807, 2.05) is 35.2 Å². The predicted molar refractivity (Wildman–Crippen MR) is 131 cm³/mol. The Hall–Kier alpha value is -3.45. The molecule has 1 aliphatic heterocycles. The number of hydrogen-bond donors (Lipinski definition) is 1. The second-order valence-electron chi connectivity index (χ2n) is 7.63. The molecular formula is C26H26N2O4S. The van der Waals surface area contributed by atoms with Crippen molar-refractivity contribution in [2.75, 3.05) is 31.8 Å². The Bertz CT molecular complexity index is 1120. The molecule has 3 aromatic rings. The quantitative estimate of drug-likeness (QED) is 0.522. The summed E-state index contributed by atoms with van der Waals surface area (Å²) in [6, 6.07) is 22.8. The van der Waals surface area contributed by atoms with Gasteiger partial charge in [0.05, 0.1) is 20.0 Å². The molecule has 0 unspecified atom stereocenters. The lowest BCUT2D eigenvalue weighted by Gasteiger charge is -2.24. The molecule has 1 atom stereocenters. The fourth-order valence-corrected chi connectivity index (χ4v) is 5.00. The lowest BCUT2D eigenvalue weighted by Crippen LogP contribution is -2.30. The lowest BCUT2D eigenvalue weighted by atomic mass is 10.1. The van der Waals surface area contributed by atoms with Crippen LogP contribution >= 0.6 is 11.8 Å². The molecule has 0 radical (unpaired) electrons. The maximum atomic E-state index is 12.7. The minimum absolute atomic E-state index is 0.0378. The molecule has 3 aromatic carbocycles. The normalized spacial score (nSPS) is 15.4. The van der Waals surface area contributed by atoms with Crippen LogP contribution in [0.2, 0.25) is 0 Å². The first-order chi connectivity index (χ1) is 16.1. The molecule has 170 valence electrons. The van der Waals surface area contributed by atoms with Crippen LogP contribution < -0.4 is 14.8 Å². The maximum Gasteiger partial charge on any atom is 0.255 e. The third-order valence-electron chi connectivity index (χ3n) is 5.55. The molecule has 1 fully saturated rings. The molecule has 33 heavy (non-hydrogen) atoms. The molecule has 1 heterocycles. The van der Waals surface area contributed by atoms with Gasteiger partial charge in [0.25, 0.3) is 5.91 Å². The van der Waals surface area contributed by atoms with Crippen LogP contribution in [0, 0.1) is 0 Å². The van der Waals surface area contributed by atoms with Crippen molar-refractivity contribution in [3.8, 4) is 11.5 Å². The maximum absolute atomic E-state index is 12.7. The van der Waals surface area contributed by atoms with Gasteiger partial charge in [0.15, 0.2) is 11.5 Å². The van der Waals surface area contributed by atoms with Crippen LogP contribution in [0.5, 0.6) is 11.5 Å². The van der Waals surface area contributed by atoms with Gasteiger partial charge in [-0.15, -0.1) is 11.8 Å². The standard InChI is InChI=1S/C26H26N2O4S/c1-31-22-13-12-21(16-23(22)32-2)27-25(30)19-8-10-20(11-9-19)26-28(24(29)17-33-26)15-14-18-6-4-3-5-7-18/h3-13,16,26H,14-15,17H2,1-2H3,(H,27,30)/t26-/m1/s1. The zero-order valence-corrected chi connectivity index (χ0v) is 19.4. The smallest absolute Gasteiger partial charge is 0.255 e. The van der Waals surface area contributed by atoms with Crippen LogP contribution in [0.3, 0.4) is 0 Å². The van der Waals surface area contributed by atoms with Crippen LogP contribution in [0.25, 0.3) is 0 Å². The van der Waals surface area contributed by atoms with Crippen molar-refractivity contribution in [3.63, 3.8) is 0 Å². The first-order valence-corrected chi connectivity index (χ1v) is 11.7. The average molecular weight is 463 g/mol. The Morgan fingerprint density at radius 3 is 2.42 bits per heavy atom. The highest BCUT2D eigenvalue weighted by Crippen LogP contribution is 2.38. The van der Waals surface area contributed by atoms with Crippen molar-refractivity contribution in [2.24, 2.45) is 0 Å². The number of anilines is 1. The van der Waals surface area contributed by atoms with E-state index in [0.717, 1.165) is 12.0 Å². The molecular weight excluding hydrogens is 436 g/mol. The van der Waals surface area contributed by atoms with Gasteiger partial charge in [-0.25, -0.2) is 0 Å². The van der Waals surface area contributed by atoms with Crippen molar-refractivity contribution in [1.82, 2.24) is 4.90 Å². The zero-order chi connectivity index (χ0) is 23.2. The molecule has 2 amide bonds. The summed E-state index contributed by atoms with van der Waals surface area (Å²) in [6.45, 7) is 0.669. The largest absolute Gasteiger partial charge is 0.493 e. The molecule has 6 nitrogen and oxygen atoms in total. The van der Waals surface area contributed by atoms with E-state index in [9.17, 15) is 9.59 Å².